The smallest absolute Gasteiger partial charge is 0.0234 e. The molecule has 2 rings (SSSR count). The predicted octanol–water partition coefficient (Wildman–Crippen LogP) is 4.79. The van der Waals surface area contributed by atoms with Crippen LogP contribution in [0, 0.1) is 6.92 Å². The number of aryl methyl sites for hydroxylation is 1. The molecule has 0 aliphatic heterocycles. The van der Waals surface area contributed by atoms with Gasteiger partial charge in [0, 0.05) is 23.2 Å². The Bertz CT molecular complexity index is 549. The van der Waals surface area contributed by atoms with Crippen molar-refractivity contribution >= 4 is 11.8 Å². The van der Waals surface area contributed by atoms with Crippen molar-refractivity contribution in [1.29, 1.82) is 0 Å². The molecular weight excluding hydrogens is 262 g/mol. The molecule has 0 saturated carbocycles. The average Bonchev–Trinajstić information content (AvgIpc) is 2.45. The van der Waals surface area contributed by atoms with E-state index in [0.717, 1.165) is 12.3 Å². The minimum atomic E-state index is 0.518. The summed E-state index contributed by atoms with van der Waals surface area (Å²) in [6, 6.07) is 17.8. The van der Waals surface area contributed by atoms with Gasteiger partial charge in [-0.1, -0.05) is 56.3 Å². The number of hydrogen-bond acceptors (Lipinski definition) is 2. The first-order valence-electron chi connectivity index (χ1n) is 7.15. The Labute approximate surface area is 126 Å². The molecule has 0 atom stereocenters. The van der Waals surface area contributed by atoms with E-state index in [2.05, 4.69) is 74.6 Å². The fraction of sp³-hybridized carbons (Fsp3) is 0.333. The second kappa shape index (κ2) is 7.51. The summed E-state index contributed by atoms with van der Waals surface area (Å²) in [5.41, 5.74) is 4.18. The van der Waals surface area contributed by atoms with Crippen molar-refractivity contribution in [2.45, 2.75) is 44.0 Å². The largest absolute Gasteiger partial charge is 0.310 e. The molecule has 20 heavy (non-hydrogen) atoms. The van der Waals surface area contributed by atoms with E-state index in [1.54, 1.807) is 0 Å². The summed E-state index contributed by atoms with van der Waals surface area (Å²) in [6.07, 6.45) is 0. The van der Waals surface area contributed by atoms with E-state index >= 15 is 0 Å². The highest BCUT2D eigenvalue weighted by Crippen LogP contribution is 2.27. The van der Waals surface area contributed by atoms with Gasteiger partial charge in [-0.15, -0.1) is 11.8 Å². The van der Waals surface area contributed by atoms with Crippen LogP contribution < -0.4 is 5.32 Å². The molecule has 0 bridgehead atoms. The molecule has 1 N–H and O–H groups in total. The van der Waals surface area contributed by atoms with Crippen molar-refractivity contribution in [3.63, 3.8) is 0 Å². The highest BCUT2D eigenvalue weighted by Gasteiger charge is 2.04. The molecule has 0 aliphatic carbocycles. The SMILES string of the molecule is Cc1ccccc1CSc1ccccc1CNC(C)C. The summed E-state index contributed by atoms with van der Waals surface area (Å²) in [6.45, 7) is 7.49. The van der Waals surface area contributed by atoms with Gasteiger partial charge in [0.25, 0.3) is 0 Å². The van der Waals surface area contributed by atoms with Crippen LogP contribution in [-0.4, -0.2) is 6.04 Å². The number of thioether (sulfide) groups is 1. The summed E-state index contributed by atoms with van der Waals surface area (Å²) >= 11 is 1.93. The molecule has 2 aromatic carbocycles. The van der Waals surface area contributed by atoms with E-state index in [0.29, 0.717) is 6.04 Å². The number of benzene rings is 2. The minimum absolute atomic E-state index is 0.518. The third-order valence-corrected chi connectivity index (χ3v) is 4.48. The lowest BCUT2D eigenvalue weighted by molar-refractivity contribution is 0.585. The van der Waals surface area contributed by atoms with Crippen LogP contribution in [0.3, 0.4) is 0 Å². The van der Waals surface area contributed by atoms with Crippen molar-refractivity contribution in [2.24, 2.45) is 0 Å². The van der Waals surface area contributed by atoms with Gasteiger partial charge >= 0.3 is 0 Å². The van der Waals surface area contributed by atoms with Gasteiger partial charge in [-0.05, 0) is 29.7 Å². The van der Waals surface area contributed by atoms with Crippen molar-refractivity contribution in [1.82, 2.24) is 5.32 Å². The van der Waals surface area contributed by atoms with Crippen molar-refractivity contribution in [2.75, 3.05) is 0 Å². The van der Waals surface area contributed by atoms with E-state index < -0.39 is 0 Å². The first kappa shape index (κ1) is 15.1. The van der Waals surface area contributed by atoms with Crippen LogP contribution in [0.15, 0.2) is 53.4 Å². The van der Waals surface area contributed by atoms with Gasteiger partial charge in [-0.25, -0.2) is 0 Å². The number of rotatable bonds is 6. The molecule has 1 nitrogen and oxygen atoms in total. The highest BCUT2D eigenvalue weighted by atomic mass is 32.2. The fourth-order valence-electron chi connectivity index (χ4n) is 2.03. The van der Waals surface area contributed by atoms with Crippen molar-refractivity contribution in [3.8, 4) is 0 Å². The Balaban J connectivity index is 2.04. The summed E-state index contributed by atoms with van der Waals surface area (Å²) < 4.78 is 0. The van der Waals surface area contributed by atoms with Gasteiger partial charge in [0.05, 0.1) is 0 Å². The molecule has 0 saturated heterocycles. The molecule has 106 valence electrons. The van der Waals surface area contributed by atoms with Crippen LogP contribution in [0.25, 0.3) is 0 Å². The van der Waals surface area contributed by atoms with Crippen LogP contribution >= 0.6 is 11.8 Å². The van der Waals surface area contributed by atoms with Crippen LogP contribution in [0.4, 0.5) is 0 Å². The van der Waals surface area contributed by atoms with E-state index in [-0.39, 0.29) is 0 Å². The third-order valence-electron chi connectivity index (χ3n) is 3.32. The molecule has 0 amide bonds. The Morgan fingerprint density at radius 2 is 1.60 bits per heavy atom. The predicted molar refractivity (Wildman–Crippen MR) is 89.2 cm³/mol. The molecular formula is C18H23NS. The van der Waals surface area contributed by atoms with Crippen LogP contribution in [-0.2, 0) is 12.3 Å². The molecule has 0 radical (unpaired) electrons. The lowest BCUT2D eigenvalue weighted by Crippen LogP contribution is -2.22. The molecule has 0 heterocycles. The Hall–Kier alpha value is -1.25. The lowest BCUT2D eigenvalue weighted by atomic mass is 10.1. The van der Waals surface area contributed by atoms with E-state index in [9.17, 15) is 0 Å². The van der Waals surface area contributed by atoms with Gasteiger partial charge in [0.2, 0.25) is 0 Å². The van der Waals surface area contributed by atoms with Crippen molar-refractivity contribution in [3.05, 3.63) is 65.2 Å². The summed E-state index contributed by atoms with van der Waals surface area (Å²) in [4.78, 5) is 1.38. The van der Waals surface area contributed by atoms with Crippen LogP contribution in [0.1, 0.15) is 30.5 Å². The average molecular weight is 285 g/mol. The van der Waals surface area contributed by atoms with Crippen LogP contribution in [0.2, 0.25) is 0 Å². The monoisotopic (exact) mass is 285 g/mol. The zero-order chi connectivity index (χ0) is 14.4. The quantitative estimate of drug-likeness (QED) is 0.766. The van der Waals surface area contributed by atoms with Gasteiger partial charge in [0.1, 0.15) is 0 Å². The molecule has 2 heteroatoms. The minimum Gasteiger partial charge on any atom is -0.310 e. The first-order valence-corrected chi connectivity index (χ1v) is 8.14. The fourth-order valence-corrected chi connectivity index (χ4v) is 3.17. The molecule has 0 aromatic heterocycles. The molecule has 0 unspecified atom stereocenters. The standard InChI is InChI=1S/C18H23NS/c1-14(2)19-12-16-9-6-7-11-18(16)20-13-17-10-5-4-8-15(17)3/h4-11,14,19H,12-13H2,1-3H3. The summed E-state index contributed by atoms with van der Waals surface area (Å²) in [7, 11) is 0. The molecule has 2 aromatic rings. The summed E-state index contributed by atoms with van der Waals surface area (Å²) in [5, 5.41) is 3.50. The van der Waals surface area contributed by atoms with E-state index in [1.165, 1.54) is 21.6 Å². The van der Waals surface area contributed by atoms with E-state index in [4.69, 9.17) is 0 Å². The number of nitrogens with one attached hydrogen (secondary N) is 1. The van der Waals surface area contributed by atoms with Gasteiger partial charge < -0.3 is 5.32 Å². The summed E-state index contributed by atoms with van der Waals surface area (Å²) in [5.74, 6) is 1.03. The molecule has 0 fully saturated rings. The third kappa shape index (κ3) is 4.39. The normalized spacial score (nSPS) is 11.0. The zero-order valence-corrected chi connectivity index (χ0v) is 13.3. The van der Waals surface area contributed by atoms with Crippen LogP contribution in [0.5, 0.6) is 0 Å². The van der Waals surface area contributed by atoms with Gasteiger partial charge in [-0.2, -0.15) is 0 Å². The topological polar surface area (TPSA) is 12.0 Å². The van der Waals surface area contributed by atoms with Crippen molar-refractivity contribution < 1.29 is 0 Å². The Kier molecular flexibility index (Phi) is 5.69. The number of hydrogen-bond donors (Lipinski definition) is 1. The Morgan fingerprint density at radius 1 is 0.950 bits per heavy atom. The zero-order valence-electron chi connectivity index (χ0n) is 12.5. The second-order valence-corrected chi connectivity index (χ2v) is 6.38. The second-order valence-electron chi connectivity index (χ2n) is 5.36. The maximum absolute atomic E-state index is 3.50. The first-order chi connectivity index (χ1) is 9.66. The maximum atomic E-state index is 3.50. The van der Waals surface area contributed by atoms with Gasteiger partial charge in [-0.3, -0.25) is 0 Å². The maximum Gasteiger partial charge on any atom is 0.0234 e. The lowest BCUT2D eigenvalue weighted by Gasteiger charge is -2.13. The molecule has 0 spiro atoms. The Morgan fingerprint density at radius 3 is 2.30 bits per heavy atom. The van der Waals surface area contributed by atoms with E-state index in [1.807, 2.05) is 11.8 Å². The van der Waals surface area contributed by atoms with Gasteiger partial charge in [0.15, 0.2) is 0 Å². The molecule has 0 aliphatic rings. The highest BCUT2D eigenvalue weighted by molar-refractivity contribution is 7.98.